The normalized spacial score (nSPS) is 12.8. The van der Waals surface area contributed by atoms with Crippen molar-refractivity contribution in [2.24, 2.45) is 0 Å². The molecule has 0 saturated carbocycles. The third-order valence-electron chi connectivity index (χ3n) is 13.7. The van der Waals surface area contributed by atoms with Gasteiger partial charge in [0.05, 0.1) is 0 Å². The highest BCUT2D eigenvalue weighted by molar-refractivity contribution is 5.71. The first-order valence-corrected chi connectivity index (χ1v) is 32.4. The Hall–Kier alpha value is -3.93. The Morgan fingerprint density at radius 3 is 0.831 bits per heavy atom. The number of ether oxygens (including phenoxy) is 3. The van der Waals surface area contributed by atoms with Crippen LogP contribution in [0.15, 0.2) is 109 Å². The van der Waals surface area contributed by atoms with Crippen molar-refractivity contribution < 1.29 is 28.6 Å². The molecule has 0 aliphatic rings. The van der Waals surface area contributed by atoms with Crippen molar-refractivity contribution in [2.75, 3.05) is 13.2 Å². The summed E-state index contributed by atoms with van der Waals surface area (Å²) in [6, 6.07) is 0. The van der Waals surface area contributed by atoms with Gasteiger partial charge < -0.3 is 14.2 Å². The van der Waals surface area contributed by atoms with Crippen LogP contribution in [0.5, 0.6) is 0 Å². The second kappa shape index (κ2) is 64.6. The molecule has 0 fully saturated rings. The fourth-order valence-corrected chi connectivity index (χ4v) is 8.88. The first-order chi connectivity index (χ1) is 38.0. The smallest absolute Gasteiger partial charge is 0.306 e. The van der Waals surface area contributed by atoms with E-state index in [1.807, 2.05) is 0 Å². The average molecular weight is 1070 g/mol. The molecule has 0 aromatic rings. The predicted molar refractivity (Wildman–Crippen MR) is 334 cm³/mol. The molecule has 77 heavy (non-hydrogen) atoms. The molecule has 0 aromatic carbocycles. The molecule has 0 N–H and O–H groups in total. The van der Waals surface area contributed by atoms with Gasteiger partial charge in [-0.1, -0.05) is 265 Å². The van der Waals surface area contributed by atoms with Crippen molar-refractivity contribution in [1.29, 1.82) is 0 Å². The van der Waals surface area contributed by atoms with Gasteiger partial charge in [0.25, 0.3) is 0 Å². The monoisotopic (exact) mass is 1070 g/mol. The summed E-state index contributed by atoms with van der Waals surface area (Å²) in [5.41, 5.74) is 0. The molecule has 0 heterocycles. The number of hydrogen-bond donors (Lipinski definition) is 0. The number of carbonyl (C=O) groups excluding carboxylic acids is 3. The first-order valence-electron chi connectivity index (χ1n) is 32.4. The van der Waals surface area contributed by atoms with Crippen LogP contribution < -0.4 is 0 Å². The van der Waals surface area contributed by atoms with Gasteiger partial charge in [-0.15, -0.1) is 0 Å². The lowest BCUT2D eigenvalue weighted by Gasteiger charge is -2.18. The lowest BCUT2D eigenvalue weighted by molar-refractivity contribution is -0.167. The molecule has 1 atom stereocenters. The summed E-state index contributed by atoms with van der Waals surface area (Å²) in [6.07, 6.45) is 88.0. The van der Waals surface area contributed by atoms with Gasteiger partial charge in [0, 0.05) is 19.3 Å². The maximum absolute atomic E-state index is 12.9. The van der Waals surface area contributed by atoms with Gasteiger partial charge in [-0.3, -0.25) is 14.4 Å². The minimum Gasteiger partial charge on any atom is -0.462 e. The zero-order valence-corrected chi connectivity index (χ0v) is 50.4. The largest absolute Gasteiger partial charge is 0.462 e. The molecule has 440 valence electrons. The molecule has 1 unspecified atom stereocenters. The third-order valence-corrected chi connectivity index (χ3v) is 13.7. The number of allylic oxidation sites excluding steroid dienone is 18. The Labute approximate surface area is 476 Å². The van der Waals surface area contributed by atoms with Gasteiger partial charge in [-0.05, 0) is 128 Å². The maximum Gasteiger partial charge on any atom is 0.306 e. The Balaban J connectivity index is 4.31. The second-order valence-corrected chi connectivity index (χ2v) is 21.3. The predicted octanol–water partition coefficient (Wildman–Crippen LogP) is 22.2. The minimum absolute atomic E-state index is 0.0885. The number of rotatable bonds is 58. The van der Waals surface area contributed by atoms with E-state index in [4.69, 9.17) is 14.2 Å². The number of carbonyl (C=O) groups is 3. The lowest BCUT2D eigenvalue weighted by Crippen LogP contribution is -2.30. The van der Waals surface area contributed by atoms with E-state index in [-0.39, 0.29) is 31.1 Å². The fraction of sp³-hybridized carbons (Fsp3) is 0.704. The molecule has 0 aliphatic heterocycles. The summed E-state index contributed by atoms with van der Waals surface area (Å²) < 4.78 is 16.9. The molecule has 0 aromatic heterocycles. The van der Waals surface area contributed by atoms with Crippen LogP contribution >= 0.6 is 0 Å². The lowest BCUT2D eigenvalue weighted by atomic mass is 10.1. The SMILES string of the molecule is CC/C=C\C/C=C\C/C=C\C/C=C\C/C=C\C/C=C\CCCCCCCCCCCCC(=O)OCC(COC(=O)CCCCCCC/C=C\CCCCCCCC)OC(=O)CCCCCCC/C=C\C/C=C\CCCCC. The van der Waals surface area contributed by atoms with E-state index >= 15 is 0 Å². The third kappa shape index (κ3) is 62.8. The summed E-state index contributed by atoms with van der Waals surface area (Å²) in [5.74, 6) is -0.907. The van der Waals surface area contributed by atoms with Crippen molar-refractivity contribution in [3.05, 3.63) is 109 Å². The van der Waals surface area contributed by atoms with Gasteiger partial charge in [0.2, 0.25) is 0 Å². The highest BCUT2D eigenvalue weighted by Crippen LogP contribution is 2.15. The minimum atomic E-state index is -0.792. The van der Waals surface area contributed by atoms with Crippen LogP contribution in [-0.4, -0.2) is 37.2 Å². The Kier molecular flexibility index (Phi) is 61.3. The fourth-order valence-electron chi connectivity index (χ4n) is 8.88. The van der Waals surface area contributed by atoms with Crippen LogP contribution in [0.25, 0.3) is 0 Å². The summed E-state index contributed by atoms with van der Waals surface area (Å²) in [7, 11) is 0. The van der Waals surface area contributed by atoms with E-state index in [1.54, 1.807) is 0 Å². The quantitative estimate of drug-likeness (QED) is 0.0261. The molecule has 0 bridgehead atoms. The second-order valence-electron chi connectivity index (χ2n) is 21.3. The molecule has 6 heteroatoms. The van der Waals surface area contributed by atoms with Crippen molar-refractivity contribution >= 4 is 17.9 Å². The first kappa shape index (κ1) is 73.1. The zero-order valence-electron chi connectivity index (χ0n) is 50.4. The van der Waals surface area contributed by atoms with Gasteiger partial charge in [-0.25, -0.2) is 0 Å². The highest BCUT2D eigenvalue weighted by atomic mass is 16.6. The van der Waals surface area contributed by atoms with Gasteiger partial charge in [0.15, 0.2) is 6.10 Å². The van der Waals surface area contributed by atoms with E-state index in [0.717, 1.165) is 128 Å². The van der Waals surface area contributed by atoms with Crippen molar-refractivity contribution in [3.63, 3.8) is 0 Å². The summed E-state index contributed by atoms with van der Waals surface area (Å²) in [5, 5.41) is 0. The van der Waals surface area contributed by atoms with E-state index < -0.39 is 6.10 Å². The molecule has 0 radical (unpaired) electrons. The van der Waals surface area contributed by atoms with Crippen LogP contribution in [0, 0.1) is 0 Å². The van der Waals surface area contributed by atoms with E-state index in [9.17, 15) is 14.4 Å². The van der Waals surface area contributed by atoms with Gasteiger partial charge in [-0.2, -0.15) is 0 Å². The number of unbranched alkanes of at least 4 members (excludes halogenated alkanes) is 29. The summed E-state index contributed by atoms with van der Waals surface area (Å²) in [6.45, 7) is 6.49. The summed E-state index contributed by atoms with van der Waals surface area (Å²) >= 11 is 0. The van der Waals surface area contributed by atoms with Crippen molar-refractivity contribution in [3.8, 4) is 0 Å². The van der Waals surface area contributed by atoms with Crippen LogP contribution in [0.1, 0.15) is 303 Å². The van der Waals surface area contributed by atoms with E-state index in [1.165, 1.54) is 135 Å². The topological polar surface area (TPSA) is 78.9 Å². The van der Waals surface area contributed by atoms with Crippen LogP contribution in [0.3, 0.4) is 0 Å². The van der Waals surface area contributed by atoms with E-state index in [2.05, 4.69) is 130 Å². The Bertz CT molecular complexity index is 1560. The Morgan fingerprint density at radius 1 is 0.273 bits per heavy atom. The average Bonchev–Trinajstić information content (AvgIpc) is 3.43. The molecule has 6 nitrogen and oxygen atoms in total. The molecular formula is C71H120O6. The Morgan fingerprint density at radius 2 is 0.506 bits per heavy atom. The number of hydrogen-bond acceptors (Lipinski definition) is 6. The van der Waals surface area contributed by atoms with Crippen molar-refractivity contribution in [2.45, 2.75) is 309 Å². The molecule has 0 saturated heterocycles. The van der Waals surface area contributed by atoms with Crippen LogP contribution in [0.4, 0.5) is 0 Å². The zero-order chi connectivity index (χ0) is 55.7. The number of esters is 3. The molecular weight excluding hydrogens is 949 g/mol. The van der Waals surface area contributed by atoms with Crippen molar-refractivity contribution in [1.82, 2.24) is 0 Å². The summed E-state index contributed by atoms with van der Waals surface area (Å²) in [4.78, 5) is 38.3. The standard InChI is InChI=1S/C71H120O6/c1-4-7-10-13-16-19-22-25-28-29-30-31-32-33-34-35-36-37-38-39-40-41-44-46-49-52-55-58-61-64-70(73)76-67-68(77-71(74)65-62-59-56-53-50-47-43-27-24-21-18-15-12-9-6-3)66-75-69(72)63-60-57-54-51-48-45-42-26-23-20-17-14-11-8-5-2/h7,10,16,18-19,21,25-28,30-31,33-34,36-37,42-43,68H,4-6,8-9,11-15,17,20,22-24,29,32,35,38-41,44-67H2,1-3H3/b10-7-,19-16-,21-18-,28-25-,31-30-,34-33-,37-36-,42-26-,43-27-. The molecule has 0 rings (SSSR count). The highest BCUT2D eigenvalue weighted by Gasteiger charge is 2.19. The van der Waals surface area contributed by atoms with Crippen LogP contribution in [-0.2, 0) is 28.6 Å². The van der Waals surface area contributed by atoms with Gasteiger partial charge in [0.1, 0.15) is 13.2 Å². The van der Waals surface area contributed by atoms with Gasteiger partial charge >= 0.3 is 17.9 Å². The van der Waals surface area contributed by atoms with Crippen LogP contribution in [0.2, 0.25) is 0 Å². The molecule has 0 aliphatic carbocycles. The maximum atomic E-state index is 12.9. The molecule has 0 spiro atoms. The molecule has 0 amide bonds. The van der Waals surface area contributed by atoms with E-state index in [0.29, 0.717) is 19.3 Å².